The van der Waals surface area contributed by atoms with Crippen molar-refractivity contribution in [1.82, 2.24) is 4.98 Å². The SMILES string of the molecule is N#Cc1ccc(Nc2cccc(F)c2)cn1. The Hall–Kier alpha value is -2.41. The minimum Gasteiger partial charge on any atom is -0.354 e. The van der Waals surface area contributed by atoms with Crippen molar-refractivity contribution >= 4 is 11.4 Å². The van der Waals surface area contributed by atoms with Crippen molar-refractivity contribution in [3.8, 4) is 6.07 Å². The van der Waals surface area contributed by atoms with Gasteiger partial charge in [0.1, 0.15) is 17.6 Å². The van der Waals surface area contributed by atoms with Crippen molar-refractivity contribution in [2.75, 3.05) is 5.32 Å². The van der Waals surface area contributed by atoms with Gasteiger partial charge in [-0.25, -0.2) is 9.37 Å². The van der Waals surface area contributed by atoms with E-state index in [1.165, 1.54) is 18.3 Å². The standard InChI is InChI=1S/C12H8FN3/c13-9-2-1-3-10(6-9)16-12-5-4-11(7-14)15-8-12/h1-6,8,16H. The quantitative estimate of drug-likeness (QED) is 0.834. The van der Waals surface area contributed by atoms with Gasteiger partial charge in [-0.3, -0.25) is 0 Å². The first-order valence-corrected chi connectivity index (χ1v) is 4.67. The Morgan fingerprint density at radius 3 is 2.69 bits per heavy atom. The van der Waals surface area contributed by atoms with Gasteiger partial charge in [-0.2, -0.15) is 5.26 Å². The van der Waals surface area contributed by atoms with Gasteiger partial charge in [-0.1, -0.05) is 6.07 Å². The van der Waals surface area contributed by atoms with Crippen LogP contribution in [0.2, 0.25) is 0 Å². The minimum atomic E-state index is -0.299. The maximum Gasteiger partial charge on any atom is 0.140 e. The number of aromatic nitrogens is 1. The third-order valence-corrected chi connectivity index (χ3v) is 1.99. The number of nitriles is 1. The lowest BCUT2D eigenvalue weighted by Gasteiger charge is -2.05. The summed E-state index contributed by atoms with van der Waals surface area (Å²) in [6.07, 6.45) is 1.53. The predicted octanol–water partition coefficient (Wildman–Crippen LogP) is 2.84. The van der Waals surface area contributed by atoms with E-state index in [0.29, 0.717) is 17.1 Å². The molecule has 0 amide bonds. The molecular formula is C12H8FN3. The number of hydrogen-bond acceptors (Lipinski definition) is 3. The molecule has 0 aliphatic rings. The molecule has 0 saturated heterocycles. The zero-order chi connectivity index (χ0) is 11.4. The van der Waals surface area contributed by atoms with Crippen molar-refractivity contribution < 1.29 is 4.39 Å². The molecule has 0 saturated carbocycles. The molecule has 78 valence electrons. The van der Waals surface area contributed by atoms with Crippen LogP contribution < -0.4 is 5.32 Å². The van der Waals surface area contributed by atoms with Crippen LogP contribution in [0.15, 0.2) is 42.6 Å². The summed E-state index contributed by atoms with van der Waals surface area (Å²) < 4.78 is 12.9. The van der Waals surface area contributed by atoms with E-state index >= 15 is 0 Å². The smallest absolute Gasteiger partial charge is 0.140 e. The molecule has 2 aromatic rings. The van der Waals surface area contributed by atoms with E-state index in [9.17, 15) is 4.39 Å². The van der Waals surface area contributed by atoms with Crippen LogP contribution in [-0.2, 0) is 0 Å². The topological polar surface area (TPSA) is 48.7 Å². The molecule has 2 rings (SSSR count). The number of nitrogens with one attached hydrogen (secondary N) is 1. The number of nitrogens with zero attached hydrogens (tertiary/aromatic N) is 2. The van der Waals surface area contributed by atoms with E-state index in [0.717, 1.165) is 0 Å². The normalized spacial score (nSPS) is 9.50. The number of anilines is 2. The van der Waals surface area contributed by atoms with Gasteiger partial charge in [0, 0.05) is 5.69 Å². The van der Waals surface area contributed by atoms with Gasteiger partial charge in [0.2, 0.25) is 0 Å². The molecule has 1 aromatic heterocycles. The van der Waals surface area contributed by atoms with Gasteiger partial charge in [0.05, 0.1) is 11.9 Å². The fourth-order valence-corrected chi connectivity index (χ4v) is 1.27. The summed E-state index contributed by atoms with van der Waals surface area (Å²) in [5, 5.41) is 11.6. The molecular weight excluding hydrogens is 205 g/mol. The second-order valence-corrected chi connectivity index (χ2v) is 3.18. The van der Waals surface area contributed by atoms with Crippen LogP contribution in [-0.4, -0.2) is 4.98 Å². The van der Waals surface area contributed by atoms with Crippen LogP contribution in [0.4, 0.5) is 15.8 Å². The van der Waals surface area contributed by atoms with Crippen molar-refractivity contribution in [3.63, 3.8) is 0 Å². The zero-order valence-electron chi connectivity index (χ0n) is 8.31. The van der Waals surface area contributed by atoms with Gasteiger partial charge >= 0.3 is 0 Å². The lowest BCUT2D eigenvalue weighted by Crippen LogP contribution is -1.92. The van der Waals surface area contributed by atoms with Crippen molar-refractivity contribution in [3.05, 3.63) is 54.1 Å². The van der Waals surface area contributed by atoms with Crippen LogP contribution in [0.3, 0.4) is 0 Å². The molecule has 16 heavy (non-hydrogen) atoms. The van der Waals surface area contributed by atoms with Gasteiger partial charge in [0.15, 0.2) is 0 Å². The van der Waals surface area contributed by atoms with Gasteiger partial charge in [-0.15, -0.1) is 0 Å². The van der Waals surface area contributed by atoms with Gasteiger partial charge in [0.25, 0.3) is 0 Å². The average molecular weight is 213 g/mol. The number of rotatable bonds is 2. The molecule has 0 radical (unpaired) electrons. The third-order valence-electron chi connectivity index (χ3n) is 1.99. The monoisotopic (exact) mass is 213 g/mol. The maximum absolute atomic E-state index is 12.9. The van der Waals surface area contributed by atoms with Crippen LogP contribution in [0, 0.1) is 17.1 Å². The lowest BCUT2D eigenvalue weighted by atomic mass is 10.3. The summed E-state index contributed by atoms with van der Waals surface area (Å²) >= 11 is 0. The highest BCUT2D eigenvalue weighted by atomic mass is 19.1. The Balaban J connectivity index is 2.18. The first-order valence-electron chi connectivity index (χ1n) is 4.67. The number of pyridine rings is 1. The van der Waals surface area contributed by atoms with Crippen molar-refractivity contribution in [1.29, 1.82) is 5.26 Å². The molecule has 0 bridgehead atoms. The Kier molecular flexibility index (Phi) is 2.79. The highest BCUT2D eigenvalue weighted by Crippen LogP contribution is 2.16. The third kappa shape index (κ3) is 2.34. The summed E-state index contributed by atoms with van der Waals surface area (Å²) in [5.41, 5.74) is 1.71. The highest BCUT2D eigenvalue weighted by molar-refractivity contribution is 5.58. The molecule has 0 aliphatic carbocycles. The van der Waals surface area contributed by atoms with E-state index in [1.807, 2.05) is 6.07 Å². The summed E-state index contributed by atoms with van der Waals surface area (Å²) in [6, 6.07) is 11.4. The Morgan fingerprint density at radius 1 is 1.19 bits per heavy atom. The van der Waals surface area contributed by atoms with Crippen LogP contribution in [0.25, 0.3) is 0 Å². The molecule has 0 aliphatic heterocycles. The molecule has 3 nitrogen and oxygen atoms in total. The van der Waals surface area contributed by atoms with E-state index in [-0.39, 0.29) is 5.82 Å². The Morgan fingerprint density at radius 2 is 2.06 bits per heavy atom. The number of hydrogen-bond donors (Lipinski definition) is 1. The molecule has 0 spiro atoms. The van der Waals surface area contributed by atoms with Crippen LogP contribution in [0.1, 0.15) is 5.69 Å². The fourth-order valence-electron chi connectivity index (χ4n) is 1.27. The van der Waals surface area contributed by atoms with E-state index in [1.54, 1.807) is 24.3 Å². The second kappa shape index (κ2) is 4.41. The highest BCUT2D eigenvalue weighted by Gasteiger charge is 1.97. The molecule has 1 N–H and O–H groups in total. The fraction of sp³-hybridized carbons (Fsp3) is 0. The van der Waals surface area contributed by atoms with Crippen molar-refractivity contribution in [2.45, 2.75) is 0 Å². The molecule has 4 heteroatoms. The Bertz CT molecular complexity index is 529. The van der Waals surface area contributed by atoms with E-state index < -0.39 is 0 Å². The summed E-state index contributed by atoms with van der Waals surface area (Å²) in [4.78, 5) is 3.90. The largest absolute Gasteiger partial charge is 0.354 e. The maximum atomic E-state index is 12.9. The van der Waals surface area contributed by atoms with Crippen LogP contribution >= 0.6 is 0 Å². The summed E-state index contributed by atoms with van der Waals surface area (Å²) in [7, 11) is 0. The van der Waals surface area contributed by atoms with Gasteiger partial charge < -0.3 is 5.32 Å². The van der Waals surface area contributed by atoms with Crippen LogP contribution in [0.5, 0.6) is 0 Å². The zero-order valence-corrected chi connectivity index (χ0v) is 8.31. The number of halogens is 1. The summed E-state index contributed by atoms with van der Waals surface area (Å²) in [5.74, 6) is -0.299. The second-order valence-electron chi connectivity index (χ2n) is 3.18. The molecule has 0 atom stereocenters. The molecule has 1 aromatic carbocycles. The lowest BCUT2D eigenvalue weighted by molar-refractivity contribution is 0.628. The average Bonchev–Trinajstić information content (AvgIpc) is 2.30. The first-order chi connectivity index (χ1) is 7.78. The first kappa shape index (κ1) is 10.1. The van der Waals surface area contributed by atoms with Crippen molar-refractivity contribution in [2.24, 2.45) is 0 Å². The van der Waals surface area contributed by atoms with Gasteiger partial charge in [-0.05, 0) is 30.3 Å². The summed E-state index contributed by atoms with van der Waals surface area (Å²) in [6.45, 7) is 0. The van der Waals surface area contributed by atoms with E-state index in [2.05, 4.69) is 10.3 Å². The van der Waals surface area contributed by atoms with E-state index in [4.69, 9.17) is 5.26 Å². The Labute approximate surface area is 92.2 Å². The molecule has 1 heterocycles. The minimum absolute atomic E-state index is 0.299. The molecule has 0 unspecified atom stereocenters. The predicted molar refractivity (Wildman–Crippen MR) is 58.6 cm³/mol. The number of benzene rings is 1. The molecule has 0 fully saturated rings.